The number of aromatic nitrogens is 1. The molecule has 1 heterocycles. The zero-order valence-electron chi connectivity index (χ0n) is 10.3. The number of hydrogen-bond acceptors (Lipinski definition) is 2. The van der Waals surface area contributed by atoms with Crippen LogP contribution in [0.4, 0.5) is 5.69 Å². The van der Waals surface area contributed by atoms with E-state index < -0.39 is 0 Å². The van der Waals surface area contributed by atoms with Crippen LogP contribution in [0.25, 0.3) is 0 Å². The highest BCUT2D eigenvalue weighted by atomic mass is 35.5. The fourth-order valence-electron chi connectivity index (χ4n) is 1.84. The number of benzene rings is 1. The Kier molecular flexibility index (Phi) is 4.92. The van der Waals surface area contributed by atoms with E-state index in [1.54, 1.807) is 12.3 Å². The molecule has 0 aliphatic heterocycles. The number of hydrogen-bond donors (Lipinski definition) is 1. The minimum Gasteiger partial charge on any atom is -0.378 e. The van der Waals surface area contributed by atoms with Gasteiger partial charge in [0.25, 0.3) is 0 Å². The van der Waals surface area contributed by atoms with Crippen LogP contribution in [0, 0.1) is 0 Å². The lowest BCUT2D eigenvalue weighted by Gasteiger charge is -2.19. The van der Waals surface area contributed by atoms with E-state index in [-0.39, 0.29) is 6.04 Å². The SMILES string of the molecule is CCC(Nc1ccnc(Cl)c1)c1ccc(Cl)c(Cl)c1. The van der Waals surface area contributed by atoms with Gasteiger partial charge in [-0.05, 0) is 36.2 Å². The summed E-state index contributed by atoms with van der Waals surface area (Å²) in [5, 5.41) is 5.00. The largest absolute Gasteiger partial charge is 0.378 e. The van der Waals surface area contributed by atoms with Gasteiger partial charge in [-0.15, -0.1) is 0 Å². The molecule has 1 N–H and O–H groups in total. The number of nitrogens with one attached hydrogen (secondary N) is 1. The molecule has 1 aromatic carbocycles. The second kappa shape index (κ2) is 6.47. The van der Waals surface area contributed by atoms with Crippen molar-refractivity contribution < 1.29 is 0 Å². The van der Waals surface area contributed by atoms with Gasteiger partial charge < -0.3 is 5.32 Å². The number of rotatable bonds is 4. The molecule has 1 unspecified atom stereocenters. The van der Waals surface area contributed by atoms with Gasteiger partial charge in [-0.3, -0.25) is 0 Å². The van der Waals surface area contributed by atoms with Crippen LogP contribution in [0.5, 0.6) is 0 Å². The molecule has 0 saturated heterocycles. The molecule has 0 amide bonds. The van der Waals surface area contributed by atoms with Gasteiger partial charge in [-0.2, -0.15) is 0 Å². The smallest absolute Gasteiger partial charge is 0.131 e. The molecule has 0 saturated carbocycles. The molecule has 0 aliphatic carbocycles. The Hall–Kier alpha value is -0.960. The van der Waals surface area contributed by atoms with Crippen molar-refractivity contribution in [1.82, 2.24) is 4.98 Å². The summed E-state index contributed by atoms with van der Waals surface area (Å²) in [6.45, 7) is 2.10. The first-order valence-corrected chi connectivity index (χ1v) is 7.06. The molecule has 5 heteroatoms. The highest BCUT2D eigenvalue weighted by molar-refractivity contribution is 6.42. The summed E-state index contributed by atoms with van der Waals surface area (Å²) in [5.41, 5.74) is 2.02. The summed E-state index contributed by atoms with van der Waals surface area (Å²) in [6.07, 6.45) is 2.59. The Morgan fingerprint density at radius 2 is 1.89 bits per heavy atom. The summed E-state index contributed by atoms with van der Waals surface area (Å²) >= 11 is 17.9. The van der Waals surface area contributed by atoms with Crippen molar-refractivity contribution in [3.05, 3.63) is 57.3 Å². The zero-order chi connectivity index (χ0) is 13.8. The van der Waals surface area contributed by atoms with Gasteiger partial charge >= 0.3 is 0 Å². The lowest BCUT2D eigenvalue weighted by Crippen LogP contribution is -2.09. The molecule has 19 heavy (non-hydrogen) atoms. The Morgan fingerprint density at radius 1 is 1.11 bits per heavy atom. The van der Waals surface area contributed by atoms with Gasteiger partial charge in [0.15, 0.2) is 0 Å². The lowest BCUT2D eigenvalue weighted by atomic mass is 10.0. The summed E-state index contributed by atoms with van der Waals surface area (Å²) in [4.78, 5) is 3.96. The number of nitrogens with zero attached hydrogens (tertiary/aromatic N) is 1. The first-order valence-electron chi connectivity index (χ1n) is 5.93. The second-order valence-corrected chi connectivity index (χ2v) is 5.35. The first kappa shape index (κ1) is 14.4. The van der Waals surface area contributed by atoms with E-state index in [9.17, 15) is 0 Å². The third kappa shape index (κ3) is 3.75. The molecular formula is C14H13Cl3N2. The fraction of sp³-hybridized carbons (Fsp3) is 0.214. The molecule has 0 aliphatic rings. The van der Waals surface area contributed by atoms with Gasteiger partial charge in [0.1, 0.15) is 5.15 Å². The van der Waals surface area contributed by atoms with Crippen LogP contribution in [-0.4, -0.2) is 4.98 Å². The van der Waals surface area contributed by atoms with Gasteiger partial charge in [-0.1, -0.05) is 47.8 Å². The topological polar surface area (TPSA) is 24.9 Å². The standard InChI is InChI=1S/C14H13Cl3N2/c1-2-13(9-3-4-11(15)12(16)7-9)19-10-5-6-18-14(17)8-10/h3-8,13H,2H2,1H3,(H,18,19). The van der Waals surface area contributed by atoms with Gasteiger partial charge in [0, 0.05) is 11.9 Å². The predicted molar refractivity (Wildman–Crippen MR) is 82.4 cm³/mol. The van der Waals surface area contributed by atoms with Crippen LogP contribution in [0.1, 0.15) is 24.9 Å². The average molecular weight is 316 g/mol. The highest BCUT2D eigenvalue weighted by Gasteiger charge is 2.11. The van der Waals surface area contributed by atoms with Crippen molar-refractivity contribution in [2.24, 2.45) is 0 Å². The quantitative estimate of drug-likeness (QED) is 0.742. The Morgan fingerprint density at radius 3 is 2.53 bits per heavy atom. The molecule has 1 atom stereocenters. The van der Waals surface area contributed by atoms with E-state index in [4.69, 9.17) is 34.8 Å². The van der Waals surface area contributed by atoms with Crippen molar-refractivity contribution in [3.63, 3.8) is 0 Å². The minimum atomic E-state index is 0.147. The number of pyridine rings is 1. The first-order chi connectivity index (χ1) is 9.10. The Labute approximate surface area is 127 Å². The van der Waals surface area contributed by atoms with E-state index in [0.29, 0.717) is 15.2 Å². The molecular weight excluding hydrogens is 303 g/mol. The summed E-state index contributed by atoms with van der Waals surface area (Å²) in [5.74, 6) is 0. The molecule has 0 radical (unpaired) electrons. The van der Waals surface area contributed by atoms with Crippen molar-refractivity contribution in [2.45, 2.75) is 19.4 Å². The third-order valence-electron chi connectivity index (χ3n) is 2.82. The molecule has 0 fully saturated rings. The fourth-order valence-corrected chi connectivity index (χ4v) is 2.32. The van der Waals surface area contributed by atoms with E-state index in [1.165, 1.54) is 0 Å². The summed E-state index contributed by atoms with van der Waals surface area (Å²) < 4.78 is 0. The summed E-state index contributed by atoms with van der Waals surface area (Å²) in [6, 6.07) is 9.48. The third-order valence-corrected chi connectivity index (χ3v) is 3.77. The normalized spacial score (nSPS) is 12.2. The van der Waals surface area contributed by atoms with Gasteiger partial charge in [0.2, 0.25) is 0 Å². The van der Waals surface area contributed by atoms with Crippen LogP contribution >= 0.6 is 34.8 Å². The number of halogens is 3. The van der Waals surface area contributed by atoms with E-state index >= 15 is 0 Å². The average Bonchev–Trinajstić information content (AvgIpc) is 2.39. The van der Waals surface area contributed by atoms with E-state index in [2.05, 4.69) is 17.2 Å². The maximum Gasteiger partial charge on any atom is 0.131 e. The van der Waals surface area contributed by atoms with Crippen LogP contribution in [0.2, 0.25) is 15.2 Å². The molecule has 100 valence electrons. The molecule has 2 rings (SSSR count). The maximum absolute atomic E-state index is 6.05. The van der Waals surface area contributed by atoms with E-state index in [1.807, 2.05) is 24.3 Å². The monoisotopic (exact) mass is 314 g/mol. The van der Waals surface area contributed by atoms with Gasteiger partial charge in [0.05, 0.1) is 16.1 Å². The van der Waals surface area contributed by atoms with Crippen LogP contribution < -0.4 is 5.32 Å². The predicted octanol–water partition coefficient (Wildman–Crippen LogP) is 5.61. The molecule has 0 spiro atoms. The second-order valence-electron chi connectivity index (χ2n) is 4.15. The lowest BCUT2D eigenvalue weighted by molar-refractivity contribution is 0.749. The van der Waals surface area contributed by atoms with Crippen molar-refractivity contribution in [3.8, 4) is 0 Å². The van der Waals surface area contributed by atoms with Crippen LogP contribution in [0.15, 0.2) is 36.5 Å². The van der Waals surface area contributed by atoms with Crippen LogP contribution in [0.3, 0.4) is 0 Å². The molecule has 1 aromatic heterocycles. The van der Waals surface area contributed by atoms with E-state index in [0.717, 1.165) is 17.7 Å². The van der Waals surface area contributed by atoms with Gasteiger partial charge in [-0.25, -0.2) is 4.98 Å². The maximum atomic E-state index is 6.05. The van der Waals surface area contributed by atoms with Crippen molar-refractivity contribution in [2.75, 3.05) is 5.32 Å². The number of anilines is 1. The van der Waals surface area contributed by atoms with Crippen LogP contribution in [-0.2, 0) is 0 Å². The molecule has 2 nitrogen and oxygen atoms in total. The van der Waals surface area contributed by atoms with Crippen molar-refractivity contribution in [1.29, 1.82) is 0 Å². The molecule has 2 aromatic rings. The Bertz CT molecular complexity index is 572. The van der Waals surface area contributed by atoms with Crippen molar-refractivity contribution >= 4 is 40.5 Å². The Balaban J connectivity index is 2.22. The summed E-state index contributed by atoms with van der Waals surface area (Å²) in [7, 11) is 0. The molecule has 0 bridgehead atoms. The zero-order valence-corrected chi connectivity index (χ0v) is 12.6. The minimum absolute atomic E-state index is 0.147. The highest BCUT2D eigenvalue weighted by Crippen LogP contribution is 2.29.